The van der Waals surface area contributed by atoms with E-state index < -0.39 is 16.9 Å². The molecule has 0 saturated carbocycles. The van der Waals surface area contributed by atoms with Gasteiger partial charge in [-0.15, -0.1) is 0 Å². The smallest absolute Gasteiger partial charge is 0.328 e. The first-order valence-electron chi connectivity index (χ1n) is 7.64. The number of carbonyl (C=O) groups is 2. The molecule has 0 heterocycles. The van der Waals surface area contributed by atoms with Gasteiger partial charge in [0.1, 0.15) is 12.6 Å². The summed E-state index contributed by atoms with van der Waals surface area (Å²) in [5.74, 6) is -0.942. The zero-order valence-electron chi connectivity index (χ0n) is 13.9. The molecule has 0 aliphatic heterocycles. The van der Waals surface area contributed by atoms with Gasteiger partial charge in [0.2, 0.25) is 0 Å². The van der Waals surface area contributed by atoms with Crippen LogP contribution in [0.25, 0.3) is 0 Å². The monoisotopic (exact) mass is 342 g/mol. The summed E-state index contributed by atoms with van der Waals surface area (Å²) in [6.45, 7) is 3.38. The number of rotatable bonds is 6. The average Bonchev–Trinajstić information content (AvgIpc) is 2.59. The predicted molar refractivity (Wildman–Crippen MR) is 91.0 cm³/mol. The van der Waals surface area contributed by atoms with Gasteiger partial charge in [0, 0.05) is 17.7 Å². The van der Waals surface area contributed by atoms with Crippen molar-refractivity contribution in [1.29, 1.82) is 0 Å². The van der Waals surface area contributed by atoms with E-state index in [4.69, 9.17) is 4.74 Å². The Hall–Kier alpha value is -3.22. The Labute approximate surface area is 144 Å². The second kappa shape index (κ2) is 8.05. The summed E-state index contributed by atoms with van der Waals surface area (Å²) in [4.78, 5) is 34.2. The van der Waals surface area contributed by atoms with Crippen molar-refractivity contribution < 1.29 is 19.2 Å². The Morgan fingerprint density at radius 2 is 1.88 bits per heavy atom. The number of hydrogen-bond acceptors (Lipinski definition) is 5. The molecule has 0 radical (unpaired) electrons. The molecule has 25 heavy (non-hydrogen) atoms. The number of hydrogen-bond donors (Lipinski definition) is 1. The molecule has 0 aliphatic carbocycles. The number of nitro benzene ring substituents is 1. The number of carbonyl (C=O) groups excluding carboxylic acids is 2. The molecule has 1 N–H and O–H groups in total. The van der Waals surface area contributed by atoms with Gasteiger partial charge in [-0.05, 0) is 43.7 Å². The third-order valence-corrected chi connectivity index (χ3v) is 3.51. The standard InChI is InChI=1S/C18H18N2O5/c1-12-4-3-5-15(10-12)17(21)19-13(2)18(22)25-11-14-6-8-16(9-7-14)20(23)24/h3-10,13H,11H2,1-2H3,(H,19,21)/t13-/m0/s1. The maximum Gasteiger partial charge on any atom is 0.328 e. The van der Waals surface area contributed by atoms with Crippen molar-refractivity contribution in [2.24, 2.45) is 0 Å². The van der Waals surface area contributed by atoms with Gasteiger partial charge in [-0.2, -0.15) is 0 Å². The molecule has 0 fully saturated rings. The number of nitrogens with zero attached hydrogens (tertiary/aromatic N) is 1. The topological polar surface area (TPSA) is 98.5 Å². The lowest BCUT2D eigenvalue weighted by molar-refractivity contribution is -0.384. The fourth-order valence-corrected chi connectivity index (χ4v) is 2.12. The van der Waals surface area contributed by atoms with Crippen LogP contribution in [0.15, 0.2) is 48.5 Å². The van der Waals surface area contributed by atoms with Crippen LogP contribution in [0.2, 0.25) is 0 Å². The number of non-ortho nitro benzene ring substituents is 1. The molecule has 7 nitrogen and oxygen atoms in total. The SMILES string of the molecule is Cc1cccc(C(=O)N[C@@H](C)C(=O)OCc2ccc([N+](=O)[O-])cc2)c1. The van der Waals surface area contributed by atoms with Crippen molar-refractivity contribution >= 4 is 17.6 Å². The van der Waals surface area contributed by atoms with Gasteiger partial charge in [-0.25, -0.2) is 4.79 Å². The van der Waals surface area contributed by atoms with Gasteiger partial charge >= 0.3 is 5.97 Å². The first-order chi connectivity index (χ1) is 11.9. The first-order valence-corrected chi connectivity index (χ1v) is 7.64. The van der Waals surface area contributed by atoms with Crippen molar-refractivity contribution in [3.8, 4) is 0 Å². The van der Waals surface area contributed by atoms with Crippen LogP contribution in [-0.4, -0.2) is 22.8 Å². The number of aryl methyl sites for hydroxylation is 1. The molecule has 0 aromatic heterocycles. The average molecular weight is 342 g/mol. The molecule has 0 saturated heterocycles. The van der Waals surface area contributed by atoms with Crippen LogP contribution in [0, 0.1) is 17.0 Å². The normalized spacial score (nSPS) is 11.4. The van der Waals surface area contributed by atoms with Gasteiger partial charge in [-0.3, -0.25) is 14.9 Å². The van der Waals surface area contributed by atoms with Crippen LogP contribution in [0.4, 0.5) is 5.69 Å². The Bertz CT molecular complexity index is 786. The van der Waals surface area contributed by atoms with E-state index in [9.17, 15) is 19.7 Å². The van der Waals surface area contributed by atoms with E-state index in [-0.39, 0.29) is 18.2 Å². The number of nitro groups is 1. The minimum Gasteiger partial charge on any atom is -0.459 e. The molecule has 2 aromatic carbocycles. The van der Waals surface area contributed by atoms with E-state index >= 15 is 0 Å². The van der Waals surface area contributed by atoms with Gasteiger partial charge in [-0.1, -0.05) is 17.7 Å². The lowest BCUT2D eigenvalue weighted by Crippen LogP contribution is -2.39. The van der Waals surface area contributed by atoms with Gasteiger partial charge in [0.15, 0.2) is 0 Å². The van der Waals surface area contributed by atoms with Crippen LogP contribution < -0.4 is 5.32 Å². The quantitative estimate of drug-likeness (QED) is 0.494. The van der Waals surface area contributed by atoms with Crippen LogP contribution in [0.1, 0.15) is 28.4 Å². The molecule has 0 spiro atoms. The Kier molecular flexibility index (Phi) is 5.84. The zero-order chi connectivity index (χ0) is 18.4. The molecule has 1 amide bonds. The molecule has 0 aliphatic rings. The van der Waals surface area contributed by atoms with E-state index in [1.165, 1.54) is 31.2 Å². The van der Waals surface area contributed by atoms with Gasteiger partial charge in [0.25, 0.3) is 11.6 Å². The van der Waals surface area contributed by atoms with Crippen molar-refractivity contribution in [3.05, 3.63) is 75.3 Å². The molecular formula is C18H18N2O5. The molecule has 2 rings (SSSR count). The third kappa shape index (κ3) is 5.13. The fraction of sp³-hybridized carbons (Fsp3) is 0.222. The summed E-state index contributed by atoms with van der Waals surface area (Å²) in [7, 11) is 0. The summed E-state index contributed by atoms with van der Waals surface area (Å²) in [6.07, 6.45) is 0. The highest BCUT2D eigenvalue weighted by atomic mass is 16.6. The van der Waals surface area contributed by atoms with Crippen molar-refractivity contribution in [2.75, 3.05) is 0 Å². The predicted octanol–water partition coefficient (Wildman–Crippen LogP) is 2.76. The summed E-state index contributed by atoms with van der Waals surface area (Å²) in [5, 5.41) is 13.2. The maximum absolute atomic E-state index is 12.1. The summed E-state index contributed by atoms with van der Waals surface area (Å²) >= 11 is 0. The highest BCUT2D eigenvalue weighted by Gasteiger charge is 2.18. The lowest BCUT2D eigenvalue weighted by atomic mass is 10.1. The number of esters is 1. The van der Waals surface area contributed by atoms with Crippen molar-refractivity contribution in [2.45, 2.75) is 26.5 Å². The molecule has 2 aromatic rings. The highest BCUT2D eigenvalue weighted by Crippen LogP contribution is 2.12. The van der Waals surface area contributed by atoms with E-state index in [1.54, 1.807) is 18.2 Å². The Morgan fingerprint density at radius 1 is 1.20 bits per heavy atom. The van der Waals surface area contributed by atoms with Crippen molar-refractivity contribution in [3.63, 3.8) is 0 Å². The Balaban J connectivity index is 1.87. The molecular weight excluding hydrogens is 324 g/mol. The Morgan fingerprint density at radius 3 is 2.48 bits per heavy atom. The third-order valence-electron chi connectivity index (χ3n) is 3.51. The van der Waals surface area contributed by atoms with E-state index in [2.05, 4.69) is 5.32 Å². The number of ether oxygens (including phenoxy) is 1. The first kappa shape index (κ1) is 18.1. The van der Waals surface area contributed by atoms with Crippen LogP contribution in [-0.2, 0) is 16.1 Å². The number of benzene rings is 2. The molecule has 0 bridgehead atoms. The molecule has 7 heteroatoms. The largest absolute Gasteiger partial charge is 0.459 e. The summed E-state index contributed by atoms with van der Waals surface area (Å²) < 4.78 is 5.13. The molecule has 0 unspecified atom stereocenters. The highest BCUT2D eigenvalue weighted by molar-refractivity contribution is 5.96. The number of nitrogens with one attached hydrogen (secondary N) is 1. The van der Waals surface area contributed by atoms with Gasteiger partial charge in [0.05, 0.1) is 4.92 Å². The zero-order valence-corrected chi connectivity index (χ0v) is 13.9. The van der Waals surface area contributed by atoms with E-state index in [0.717, 1.165) is 5.56 Å². The van der Waals surface area contributed by atoms with E-state index in [1.807, 2.05) is 13.0 Å². The fourth-order valence-electron chi connectivity index (χ4n) is 2.12. The van der Waals surface area contributed by atoms with Gasteiger partial charge < -0.3 is 10.1 Å². The van der Waals surface area contributed by atoms with E-state index in [0.29, 0.717) is 11.1 Å². The second-order valence-corrected chi connectivity index (χ2v) is 5.60. The van der Waals surface area contributed by atoms with Crippen molar-refractivity contribution in [1.82, 2.24) is 5.32 Å². The van der Waals surface area contributed by atoms with Crippen LogP contribution in [0.3, 0.4) is 0 Å². The summed E-state index contributed by atoms with van der Waals surface area (Å²) in [5.41, 5.74) is 2.00. The summed E-state index contributed by atoms with van der Waals surface area (Å²) in [6, 6.07) is 11.9. The second-order valence-electron chi connectivity index (χ2n) is 5.60. The molecule has 1 atom stereocenters. The molecule has 130 valence electrons. The minimum atomic E-state index is -0.814. The number of amides is 1. The maximum atomic E-state index is 12.1. The lowest BCUT2D eigenvalue weighted by Gasteiger charge is -2.13. The van der Waals surface area contributed by atoms with Crippen LogP contribution >= 0.6 is 0 Å². The van der Waals surface area contributed by atoms with Crippen LogP contribution in [0.5, 0.6) is 0 Å². The minimum absolute atomic E-state index is 0.0263.